The minimum Gasteiger partial charge on any atom is -0.396 e. The van der Waals surface area contributed by atoms with Crippen molar-refractivity contribution >= 4 is 17.5 Å². The normalized spacial score (nSPS) is 15.6. The van der Waals surface area contributed by atoms with Crippen LogP contribution in [0.4, 0.5) is 5.69 Å². The van der Waals surface area contributed by atoms with E-state index in [1.54, 1.807) is 11.1 Å². The summed E-state index contributed by atoms with van der Waals surface area (Å²) in [6.45, 7) is 6.65. The van der Waals surface area contributed by atoms with Gasteiger partial charge in [0.1, 0.15) is 6.54 Å². The van der Waals surface area contributed by atoms with Crippen LogP contribution in [0.15, 0.2) is 12.4 Å². The number of nitrogen functional groups attached to an aromatic ring is 1. The molecular formula is C14H23N5O2. The number of rotatable bonds is 4. The summed E-state index contributed by atoms with van der Waals surface area (Å²) in [6.07, 6.45) is 3.73. The second-order valence-corrected chi connectivity index (χ2v) is 5.83. The molecule has 2 N–H and O–H groups in total. The fourth-order valence-electron chi connectivity index (χ4n) is 2.39. The maximum atomic E-state index is 12.2. The summed E-state index contributed by atoms with van der Waals surface area (Å²) in [5, 5.41) is 4.01. The standard InChI is InChI=1S/C14H23N5O2/c1-11(2)7-13(20)17-3-5-18(6-4-17)14(21)10-19-9-12(15)8-16-19/h8-9,11H,3-7,10,15H2,1-2H3. The van der Waals surface area contributed by atoms with E-state index >= 15 is 0 Å². The Morgan fingerprint density at radius 3 is 2.24 bits per heavy atom. The first-order chi connectivity index (χ1) is 9.95. The van der Waals surface area contributed by atoms with E-state index in [0.717, 1.165) is 0 Å². The molecule has 0 aliphatic carbocycles. The zero-order valence-corrected chi connectivity index (χ0v) is 12.7. The van der Waals surface area contributed by atoms with Crippen molar-refractivity contribution < 1.29 is 9.59 Å². The number of nitrogens with zero attached hydrogens (tertiary/aromatic N) is 4. The molecule has 7 heteroatoms. The number of carbonyl (C=O) groups is 2. The number of carbonyl (C=O) groups excluding carboxylic acids is 2. The van der Waals surface area contributed by atoms with E-state index in [9.17, 15) is 9.59 Å². The van der Waals surface area contributed by atoms with Crippen LogP contribution in [-0.2, 0) is 16.1 Å². The van der Waals surface area contributed by atoms with E-state index < -0.39 is 0 Å². The highest BCUT2D eigenvalue weighted by Gasteiger charge is 2.24. The molecule has 2 heterocycles. The number of hydrogen-bond donors (Lipinski definition) is 1. The maximum absolute atomic E-state index is 12.2. The molecule has 21 heavy (non-hydrogen) atoms. The molecule has 1 aliphatic rings. The van der Waals surface area contributed by atoms with Gasteiger partial charge in [0.25, 0.3) is 0 Å². The molecule has 1 aromatic heterocycles. The predicted molar refractivity (Wildman–Crippen MR) is 79.3 cm³/mol. The fraction of sp³-hybridized carbons (Fsp3) is 0.643. The fourth-order valence-corrected chi connectivity index (χ4v) is 2.39. The van der Waals surface area contributed by atoms with Gasteiger partial charge in [-0.15, -0.1) is 0 Å². The van der Waals surface area contributed by atoms with Crippen LogP contribution < -0.4 is 5.73 Å². The number of anilines is 1. The van der Waals surface area contributed by atoms with Crippen LogP contribution in [0.2, 0.25) is 0 Å². The van der Waals surface area contributed by atoms with Gasteiger partial charge in [0.05, 0.1) is 11.9 Å². The quantitative estimate of drug-likeness (QED) is 0.858. The molecule has 0 atom stereocenters. The van der Waals surface area contributed by atoms with Crippen LogP contribution in [0.1, 0.15) is 20.3 Å². The van der Waals surface area contributed by atoms with Gasteiger partial charge in [-0.05, 0) is 5.92 Å². The Morgan fingerprint density at radius 1 is 1.19 bits per heavy atom. The molecule has 1 aliphatic heterocycles. The molecule has 0 radical (unpaired) electrons. The highest BCUT2D eigenvalue weighted by atomic mass is 16.2. The van der Waals surface area contributed by atoms with Crippen molar-refractivity contribution in [1.82, 2.24) is 19.6 Å². The molecule has 1 saturated heterocycles. The van der Waals surface area contributed by atoms with E-state index in [-0.39, 0.29) is 18.4 Å². The van der Waals surface area contributed by atoms with Crippen LogP contribution in [-0.4, -0.2) is 57.6 Å². The lowest BCUT2D eigenvalue weighted by molar-refractivity contribution is -0.140. The Hall–Kier alpha value is -2.05. The first-order valence-electron chi connectivity index (χ1n) is 7.29. The first kappa shape index (κ1) is 15.3. The SMILES string of the molecule is CC(C)CC(=O)N1CCN(C(=O)Cn2cc(N)cn2)CC1. The summed E-state index contributed by atoms with van der Waals surface area (Å²) in [5.41, 5.74) is 6.12. The van der Waals surface area contributed by atoms with Crippen molar-refractivity contribution in [3.63, 3.8) is 0 Å². The van der Waals surface area contributed by atoms with Crippen molar-refractivity contribution in [3.05, 3.63) is 12.4 Å². The molecule has 1 fully saturated rings. The van der Waals surface area contributed by atoms with Gasteiger partial charge in [0.15, 0.2) is 0 Å². The van der Waals surface area contributed by atoms with E-state index in [1.165, 1.54) is 10.9 Å². The summed E-state index contributed by atoms with van der Waals surface area (Å²) >= 11 is 0. The van der Waals surface area contributed by atoms with Crippen LogP contribution >= 0.6 is 0 Å². The van der Waals surface area contributed by atoms with Gasteiger partial charge in [-0.25, -0.2) is 0 Å². The van der Waals surface area contributed by atoms with Crippen molar-refractivity contribution in [2.75, 3.05) is 31.9 Å². The predicted octanol–water partition coefficient (Wildman–Crippen LogP) is 0.182. The summed E-state index contributed by atoms with van der Waals surface area (Å²) in [6, 6.07) is 0. The van der Waals surface area contributed by atoms with Crippen LogP contribution in [0.25, 0.3) is 0 Å². The second-order valence-electron chi connectivity index (χ2n) is 5.83. The van der Waals surface area contributed by atoms with E-state index in [2.05, 4.69) is 5.10 Å². The molecule has 1 aromatic rings. The van der Waals surface area contributed by atoms with Gasteiger partial charge in [-0.2, -0.15) is 5.10 Å². The van der Waals surface area contributed by atoms with Gasteiger partial charge in [-0.1, -0.05) is 13.8 Å². The average Bonchev–Trinajstić information content (AvgIpc) is 2.83. The molecule has 0 unspecified atom stereocenters. The number of aromatic nitrogens is 2. The Kier molecular flexibility index (Phi) is 4.82. The lowest BCUT2D eigenvalue weighted by atomic mass is 10.1. The molecule has 0 spiro atoms. The lowest BCUT2D eigenvalue weighted by Gasteiger charge is -2.35. The maximum Gasteiger partial charge on any atom is 0.244 e. The third-order valence-corrected chi connectivity index (χ3v) is 3.52. The van der Waals surface area contributed by atoms with E-state index in [0.29, 0.717) is 44.2 Å². The summed E-state index contributed by atoms with van der Waals surface area (Å²) in [4.78, 5) is 27.7. The van der Waals surface area contributed by atoms with Crippen molar-refractivity contribution in [1.29, 1.82) is 0 Å². The van der Waals surface area contributed by atoms with Crippen molar-refractivity contribution in [2.24, 2.45) is 5.92 Å². The Morgan fingerprint density at radius 2 is 1.76 bits per heavy atom. The smallest absolute Gasteiger partial charge is 0.244 e. The zero-order valence-electron chi connectivity index (χ0n) is 12.7. The minimum atomic E-state index is 0.00839. The molecule has 2 amide bonds. The van der Waals surface area contributed by atoms with Gasteiger partial charge >= 0.3 is 0 Å². The number of nitrogens with two attached hydrogens (primary N) is 1. The summed E-state index contributed by atoms with van der Waals surface area (Å²) in [7, 11) is 0. The highest BCUT2D eigenvalue weighted by Crippen LogP contribution is 2.09. The largest absolute Gasteiger partial charge is 0.396 e. The number of piperazine rings is 1. The molecule has 0 bridgehead atoms. The molecular weight excluding hydrogens is 270 g/mol. The molecule has 2 rings (SSSR count). The zero-order chi connectivity index (χ0) is 15.4. The third kappa shape index (κ3) is 4.21. The Labute approximate surface area is 124 Å². The van der Waals surface area contributed by atoms with E-state index in [1.807, 2.05) is 18.7 Å². The molecule has 0 aromatic carbocycles. The van der Waals surface area contributed by atoms with Crippen molar-refractivity contribution in [2.45, 2.75) is 26.8 Å². The van der Waals surface area contributed by atoms with Gasteiger partial charge in [0.2, 0.25) is 11.8 Å². The Balaban J connectivity index is 1.80. The van der Waals surface area contributed by atoms with Gasteiger partial charge in [0, 0.05) is 38.8 Å². The number of amides is 2. The third-order valence-electron chi connectivity index (χ3n) is 3.52. The van der Waals surface area contributed by atoms with Crippen molar-refractivity contribution in [3.8, 4) is 0 Å². The summed E-state index contributed by atoms with van der Waals surface area (Å²) in [5.74, 6) is 0.549. The monoisotopic (exact) mass is 293 g/mol. The topological polar surface area (TPSA) is 84.5 Å². The van der Waals surface area contributed by atoms with Gasteiger partial charge in [-0.3, -0.25) is 14.3 Å². The minimum absolute atomic E-state index is 0.00839. The first-order valence-corrected chi connectivity index (χ1v) is 7.29. The molecule has 0 saturated carbocycles. The molecule has 7 nitrogen and oxygen atoms in total. The second kappa shape index (κ2) is 6.60. The van der Waals surface area contributed by atoms with Gasteiger partial charge < -0.3 is 15.5 Å². The van der Waals surface area contributed by atoms with E-state index in [4.69, 9.17) is 5.73 Å². The summed E-state index contributed by atoms with van der Waals surface area (Å²) < 4.78 is 1.54. The highest BCUT2D eigenvalue weighted by molar-refractivity contribution is 5.78. The van der Waals surface area contributed by atoms with Crippen LogP contribution in [0.3, 0.4) is 0 Å². The molecule has 116 valence electrons. The Bertz CT molecular complexity index is 503. The lowest BCUT2D eigenvalue weighted by Crippen LogP contribution is -2.51. The van der Waals surface area contributed by atoms with Crippen LogP contribution in [0, 0.1) is 5.92 Å². The number of hydrogen-bond acceptors (Lipinski definition) is 4. The van der Waals surface area contributed by atoms with Crippen LogP contribution in [0.5, 0.6) is 0 Å². The average molecular weight is 293 g/mol.